The Hall–Kier alpha value is -0.900. The Balaban J connectivity index is 2.36. The molecule has 0 unspecified atom stereocenters. The standard InChI is InChI=1S/C16H10Br2ClN/c17-16(18)14-9-10-5-1-2-6-11(10)15(20-14)12-7-3-4-8-13(12)19/h1-9,16H. The van der Waals surface area contributed by atoms with Gasteiger partial charge >= 0.3 is 0 Å². The molecule has 0 saturated heterocycles. The maximum Gasteiger partial charge on any atom is 0.112 e. The van der Waals surface area contributed by atoms with Gasteiger partial charge < -0.3 is 0 Å². The fourth-order valence-corrected chi connectivity index (χ4v) is 2.88. The SMILES string of the molecule is Clc1ccccc1-c1nc(C(Br)Br)cc2ccccc12. The van der Waals surface area contributed by atoms with Crippen LogP contribution in [0.4, 0.5) is 0 Å². The van der Waals surface area contributed by atoms with E-state index in [0.717, 1.165) is 27.7 Å². The number of aromatic nitrogens is 1. The van der Waals surface area contributed by atoms with Crippen molar-refractivity contribution >= 4 is 54.2 Å². The summed E-state index contributed by atoms with van der Waals surface area (Å²) in [6.07, 6.45) is 0. The van der Waals surface area contributed by atoms with Crippen molar-refractivity contribution in [3.05, 3.63) is 65.3 Å². The third-order valence-corrected chi connectivity index (χ3v) is 4.38. The van der Waals surface area contributed by atoms with Crippen LogP contribution in [0.25, 0.3) is 22.0 Å². The van der Waals surface area contributed by atoms with Crippen molar-refractivity contribution < 1.29 is 0 Å². The monoisotopic (exact) mass is 409 g/mol. The number of rotatable bonds is 2. The quantitative estimate of drug-likeness (QED) is 0.448. The minimum atomic E-state index is 0.0147. The zero-order valence-electron chi connectivity index (χ0n) is 10.4. The van der Waals surface area contributed by atoms with Crippen LogP contribution in [0.1, 0.15) is 9.43 Å². The van der Waals surface area contributed by atoms with E-state index >= 15 is 0 Å². The van der Waals surface area contributed by atoms with Gasteiger partial charge in [-0.15, -0.1) is 0 Å². The number of halogens is 3. The predicted octanol–water partition coefficient (Wildman–Crippen LogP) is 6.34. The second-order valence-electron chi connectivity index (χ2n) is 4.40. The van der Waals surface area contributed by atoms with Gasteiger partial charge in [0.05, 0.1) is 11.4 Å². The van der Waals surface area contributed by atoms with Crippen LogP contribution < -0.4 is 0 Å². The molecule has 0 radical (unpaired) electrons. The third-order valence-electron chi connectivity index (χ3n) is 3.11. The van der Waals surface area contributed by atoms with Crippen molar-refractivity contribution in [1.29, 1.82) is 0 Å². The number of nitrogens with zero attached hydrogens (tertiary/aromatic N) is 1. The normalized spacial score (nSPS) is 11.2. The molecular formula is C16H10Br2ClN. The van der Waals surface area contributed by atoms with Crippen LogP contribution in [0.3, 0.4) is 0 Å². The molecule has 0 spiro atoms. The van der Waals surface area contributed by atoms with Crippen LogP contribution in [0, 0.1) is 0 Å². The zero-order valence-corrected chi connectivity index (χ0v) is 14.3. The fourth-order valence-electron chi connectivity index (χ4n) is 2.19. The maximum atomic E-state index is 6.33. The van der Waals surface area contributed by atoms with E-state index in [-0.39, 0.29) is 3.74 Å². The van der Waals surface area contributed by atoms with Gasteiger partial charge in [-0.3, -0.25) is 0 Å². The molecule has 1 heterocycles. The third kappa shape index (κ3) is 2.62. The molecule has 0 atom stereocenters. The van der Waals surface area contributed by atoms with Gasteiger partial charge in [0.25, 0.3) is 0 Å². The molecule has 2 aromatic carbocycles. The van der Waals surface area contributed by atoms with Crippen LogP contribution in [0.5, 0.6) is 0 Å². The second-order valence-corrected chi connectivity index (χ2v) is 7.86. The molecular weight excluding hydrogens is 401 g/mol. The Morgan fingerprint density at radius 1 is 0.950 bits per heavy atom. The molecule has 0 aliphatic carbocycles. The molecule has 1 aromatic heterocycles. The zero-order chi connectivity index (χ0) is 14.1. The second kappa shape index (κ2) is 5.84. The lowest BCUT2D eigenvalue weighted by Crippen LogP contribution is -1.93. The van der Waals surface area contributed by atoms with E-state index in [0.29, 0.717) is 5.02 Å². The van der Waals surface area contributed by atoms with E-state index in [2.05, 4.69) is 50.1 Å². The maximum absolute atomic E-state index is 6.33. The van der Waals surface area contributed by atoms with E-state index in [4.69, 9.17) is 16.6 Å². The molecule has 0 saturated carbocycles. The van der Waals surface area contributed by atoms with Crippen molar-refractivity contribution in [2.45, 2.75) is 3.74 Å². The minimum Gasteiger partial charge on any atom is -0.250 e. The van der Waals surface area contributed by atoms with Gasteiger partial charge in [0.2, 0.25) is 0 Å². The molecule has 20 heavy (non-hydrogen) atoms. The van der Waals surface area contributed by atoms with Crippen LogP contribution in [0.2, 0.25) is 5.02 Å². The van der Waals surface area contributed by atoms with Gasteiger partial charge in [-0.25, -0.2) is 4.98 Å². The molecule has 0 N–H and O–H groups in total. The number of benzene rings is 2. The fraction of sp³-hybridized carbons (Fsp3) is 0.0625. The molecule has 0 aliphatic rings. The Morgan fingerprint density at radius 2 is 1.65 bits per heavy atom. The summed E-state index contributed by atoms with van der Waals surface area (Å²) >= 11 is 13.4. The summed E-state index contributed by atoms with van der Waals surface area (Å²) in [5, 5.41) is 2.96. The number of pyridine rings is 1. The van der Waals surface area contributed by atoms with Crippen LogP contribution in [0.15, 0.2) is 54.6 Å². The highest BCUT2D eigenvalue weighted by Gasteiger charge is 2.13. The molecule has 4 heteroatoms. The van der Waals surface area contributed by atoms with E-state index in [1.165, 1.54) is 0 Å². The molecule has 3 aromatic rings. The average Bonchev–Trinajstić information content (AvgIpc) is 2.46. The molecule has 1 nitrogen and oxygen atoms in total. The lowest BCUT2D eigenvalue weighted by molar-refractivity contribution is 1.20. The van der Waals surface area contributed by atoms with Gasteiger partial charge in [0.1, 0.15) is 3.74 Å². The first-order chi connectivity index (χ1) is 9.66. The highest BCUT2D eigenvalue weighted by molar-refractivity contribution is 9.24. The Morgan fingerprint density at radius 3 is 2.40 bits per heavy atom. The highest BCUT2D eigenvalue weighted by atomic mass is 79.9. The Labute approximate surface area is 139 Å². The number of alkyl halides is 2. The van der Waals surface area contributed by atoms with E-state index in [1.807, 2.05) is 36.4 Å². The number of hydrogen-bond donors (Lipinski definition) is 0. The van der Waals surface area contributed by atoms with Crippen molar-refractivity contribution in [3.8, 4) is 11.3 Å². The minimum absolute atomic E-state index is 0.0147. The summed E-state index contributed by atoms with van der Waals surface area (Å²) in [6.45, 7) is 0. The first kappa shape index (κ1) is 14.1. The summed E-state index contributed by atoms with van der Waals surface area (Å²) in [5.74, 6) is 0. The summed E-state index contributed by atoms with van der Waals surface area (Å²) in [6, 6.07) is 18.1. The molecule has 0 fully saturated rings. The summed E-state index contributed by atoms with van der Waals surface area (Å²) in [4.78, 5) is 4.75. The van der Waals surface area contributed by atoms with Gasteiger partial charge in [0, 0.05) is 16.0 Å². The summed E-state index contributed by atoms with van der Waals surface area (Å²) in [5.41, 5.74) is 2.79. The Kier molecular flexibility index (Phi) is 4.11. The van der Waals surface area contributed by atoms with E-state index in [9.17, 15) is 0 Å². The van der Waals surface area contributed by atoms with Gasteiger partial charge in [-0.1, -0.05) is 85.9 Å². The van der Waals surface area contributed by atoms with Gasteiger partial charge in [-0.05, 0) is 17.5 Å². The summed E-state index contributed by atoms with van der Waals surface area (Å²) in [7, 11) is 0. The smallest absolute Gasteiger partial charge is 0.112 e. The van der Waals surface area contributed by atoms with Crippen molar-refractivity contribution in [2.24, 2.45) is 0 Å². The van der Waals surface area contributed by atoms with Gasteiger partial charge in [0.15, 0.2) is 0 Å². The predicted molar refractivity (Wildman–Crippen MR) is 92.8 cm³/mol. The van der Waals surface area contributed by atoms with Crippen molar-refractivity contribution in [3.63, 3.8) is 0 Å². The van der Waals surface area contributed by atoms with E-state index < -0.39 is 0 Å². The van der Waals surface area contributed by atoms with Crippen LogP contribution in [-0.4, -0.2) is 4.98 Å². The first-order valence-electron chi connectivity index (χ1n) is 6.09. The largest absolute Gasteiger partial charge is 0.250 e. The summed E-state index contributed by atoms with van der Waals surface area (Å²) < 4.78 is 0.0147. The van der Waals surface area contributed by atoms with Crippen LogP contribution >= 0.6 is 43.5 Å². The Bertz CT molecular complexity index is 771. The molecule has 0 aliphatic heterocycles. The number of hydrogen-bond acceptors (Lipinski definition) is 1. The molecule has 0 bridgehead atoms. The first-order valence-corrected chi connectivity index (χ1v) is 8.30. The molecule has 3 rings (SSSR count). The highest BCUT2D eigenvalue weighted by Crippen LogP contribution is 2.36. The topological polar surface area (TPSA) is 12.9 Å². The van der Waals surface area contributed by atoms with E-state index in [1.54, 1.807) is 0 Å². The van der Waals surface area contributed by atoms with Crippen molar-refractivity contribution in [1.82, 2.24) is 4.98 Å². The lowest BCUT2D eigenvalue weighted by atomic mass is 10.0. The number of fused-ring (bicyclic) bond motifs is 1. The molecule has 0 amide bonds. The lowest BCUT2D eigenvalue weighted by Gasteiger charge is -2.11. The van der Waals surface area contributed by atoms with Crippen LogP contribution in [-0.2, 0) is 0 Å². The van der Waals surface area contributed by atoms with Crippen molar-refractivity contribution in [2.75, 3.05) is 0 Å². The average molecular weight is 412 g/mol. The van der Waals surface area contributed by atoms with Gasteiger partial charge in [-0.2, -0.15) is 0 Å². The molecule has 100 valence electrons.